The van der Waals surface area contributed by atoms with Gasteiger partial charge in [0.25, 0.3) is 0 Å². The largest absolute Gasteiger partial charge is 0.490 e. The summed E-state index contributed by atoms with van der Waals surface area (Å²) in [6.07, 6.45) is 2.85. The second-order valence-corrected chi connectivity index (χ2v) is 6.37. The zero-order valence-electron chi connectivity index (χ0n) is 11.3. The Morgan fingerprint density at radius 1 is 1.43 bits per heavy atom. The third-order valence-electron chi connectivity index (χ3n) is 3.21. The minimum absolute atomic E-state index is 0.0710. The summed E-state index contributed by atoms with van der Waals surface area (Å²) in [5, 5.41) is 14.1. The number of carboxylic acids is 1. The molecule has 21 heavy (non-hydrogen) atoms. The number of sulfonamides is 1. The number of rotatable bonds is 5. The Labute approximate surface area is 122 Å². The number of hydrogen-bond donors (Lipinski definition) is 2. The monoisotopic (exact) mass is 315 g/mol. The van der Waals surface area contributed by atoms with E-state index in [1.165, 1.54) is 12.1 Å². The van der Waals surface area contributed by atoms with Crippen LogP contribution in [0.25, 0.3) is 0 Å². The van der Waals surface area contributed by atoms with Gasteiger partial charge in [-0.2, -0.15) is 0 Å². The van der Waals surface area contributed by atoms with Crippen LogP contribution in [0.2, 0.25) is 0 Å². The minimum Gasteiger partial charge on any atom is -0.490 e. The van der Waals surface area contributed by atoms with E-state index in [9.17, 15) is 13.2 Å². The van der Waals surface area contributed by atoms with Crippen LogP contribution in [0.3, 0.4) is 0 Å². The molecule has 1 aromatic carbocycles. The maximum Gasteiger partial charge on any atom is 0.339 e. The Balaban J connectivity index is 2.16. The van der Waals surface area contributed by atoms with Crippen molar-refractivity contribution in [2.24, 2.45) is 5.14 Å². The predicted molar refractivity (Wildman–Crippen MR) is 73.9 cm³/mol. The van der Waals surface area contributed by atoms with E-state index in [-0.39, 0.29) is 28.9 Å². The van der Waals surface area contributed by atoms with Crippen LogP contribution >= 0.6 is 0 Å². The molecule has 0 radical (unpaired) electrons. The quantitative estimate of drug-likeness (QED) is 0.836. The minimum atomic E-state index is -3.95. The molecule has 3 N–H and O–H groups in total. The lowest BCUT2D eigenvalue weighted by molar-refractivity contribution is -0.0113. The van der Waals surface area contributed by atoms with Gasteiger partial charge in [0.1, 0.15) is 17.9 Å². The van der Waals surface area contributed by atoms with E-state index in [0.717, 1.165) is 25.3 Å². The number of hydrogen-bond acceptors (Lipinski definition) is 5. The topological polar surface area (TPSA) is 116 Å². The second-order valence-electron chi connectivity index (χ2n) is 4.81. The molecule has 8 heteroatoms. The van der Waals surface area contributed by atoms with Crippen molar-refractivity contribution >= 4 is 16.0 Å². The molecule has 1 aliphatic heterocycles. The molecule has 1 aliphatic rings. The summed E-state index contributed by atoms with van der Waals surface area (Å²) in [5.41, 5.74) is -0.239. The number of carbonyl (C=O) groups is 1. The summed E-state index contributed by atoms with van der Waals surface area (Å²) >= 11 is 0. The van der Waals surface area contributed by atoms with Crippen molar-refractivity contribution in [3.8, 4) is 5.75 Å². The van der Waals surface area contributed by atoms with Gasteiger partial charge >= 0.3 is 5.97 Å². The summed E-state index contributed by atoms with van der Waals surface area (Å²) in [5.74, 6) is -1.18. The van der Waals surface area contributed by atoms with Crippen molar-refractivity contribution < 1.29 is 27.8 Å². The third kappa shape index (κ3) is 4.16. The highest BCUT2D eigenvalue weighted by molar-refractivity contribution is 7.89. The highest BCUT2D eigenvalue weighted by Crippen LogP contribution is 2.23. The first-order valence-electron chi connectivity index (χ1n) is 6.52. The van der Waals surface area contributed by atoms with Crippen molar-refractivity contribution in [3.05, 3.63) is 23.8 Å². The Morgan fingerprint density at radius 3 is 2.76 bits per heavy atom. The van der Waals surface area contributed by atoms with Crippen molar-refractivity contribution in [2.75, 3.05) is 13.2 Å². The maximum absolute atomic E-state index is 11.2. The fourth-order valence-corrected chi connectivity index (χ4v) is 2.64. The van der Waals surface area contributed by atoms with E-state index >= 15 is 0 Å². The SMILES string of the molecule is NS(=O)(=O)c1ccc(OCC2CCCCO2)c(C(=O)O)c1. The van der Waals surface area contributed by atoms with Gasteiger partial charge in [0.15, 0.2) is 0 Å². The van der Waals surface area contributed by atoms with Gasteiger partial charge in [0.2, 0.25) is 10.0 Å². The van der Waals surface area contributed by atoms with Crippen LogP contribution in [-0.4, -0.2) is 38.8 Å². The fraction of sp³-hybridized carbons (Fsp3) is 0.462. The van der Waals surface area contributed by atoms with Gasteiger partial charge in [0, 0.05) is 6.61 Å². The summed E-state index contributed by atoms with van der Waals surface area (Å²) in [6, 6.07) is 3.51. The normalized spacial score (nSPS) is 19.2. The molecule has 1 unspecified atom stereocenters. The van der Waals surface area contributed by atoms with Crippen LogP contribution in [0.4, 0.5) is 0 Å². The molecule has 0 aromatic heterocycles. The Bertz CT molecular complexity index is 622. The summed E-state index contributed by atoms with van der Waals surface area (Å²) in [4.78, 5) is 10.9. The molecule has 0 spiro atoms. The first kappa shape index (κ1) is 15.7. The van der Waals surface area contributed by atoms with E-state index in [4.69, 9.17) is 19.7 Å². The van der Waals surface area contributed by atoms with E-state index in [0.29, 0.717) is 6.61 Å². The Morgan fingerprint density at radius 2 is 2.19 bits per heavy atom. The molecule has 0 aliphatic carbocycles. The molecular weight excluding hydrogens is 298 g/mol. The van der Waals surface area contributed by atoms with Gasteiger partial charge in [-0.1, -0.05) is 0 Å². The number of benzene rings is 1. The van der Waals surface area contributed by atoms with Gasteiger partial charge in [-0.15, -0.1) is 0 Å². The number of nitrogens with two attached hydrogens (primary N) is 1. The lowest BCUT2D eigenvalue weighted by Crippen LogP contribution is -2.26. The molecule has 1 heterocycles. The third-order valence-corrected chi connectivity index (χ3v) is 4.12. The van der Waals surface area contributed by atoms with E-state index < -0.39 is 16.0 Å². The first-order valence-corrected chi connectivity index (χ1v) is 8.07. The van der Waals surface area contributed by atoms with Crippen LogP contribution in [0.1, 0.15) is 29.6 Å². The van der Waals surface area contributed by atoms with E-state index in [1.54, 1.807) is 0 Å². The number of aromatic carboxylic acids is 1. The Kier molecular flexibility index (Phi) is 4.81. The van der Waals surface area contributed by atoms with Crippen LogP contribution in [0.5, 0.6) is 5.75 Å². The van der Waals surface area contributed by atoms with Gasteiger partial charge in [0.05, 0.1) is 11.0 Å². The highest BCUT2D eigenvalue weighted by atomic mass is 32.2. The van der Waals surface area contributed by atoms with Crippen molar-refractivity contribution in [1.29, 1.82) is 0 Å². The molecule has 0 bridgehead atoms. The fourth-order valence-electron chi connectivity index (χ4n) is 2.10. The summed E-state index contributed by atoms with van der Waals surface area (Å²) < 4.78 is 33.5. The molecule has 2 rings (SSSR count). The van der Waals surface area contributed by atoms with Gasteiger partial charge in [-0.05, 0) is 37.5 Å². The smallest absolute Gasteiger partial charge is 0.339 e. The maximum atomic E-state index is 11.2. The average molecular weight is 315 g/mol. The predicted octanol–water partition coefficient (Wildman–Crippen LogP) is 0.980. The molecule has 1 atom stereocenters. The first-order chi connectivity index (χ1) is 9.88. The van der Waals surface area contributed by atoms with Gasteiger partial charge in [-0.3, -0.25) is 0 Å². The van der Waals surface area contributed by atoms with Crippen LogP contribution < -0.4 is 9.88 Å². The highest BCUT2D eigenvalue weighted by Gasteiger charge is 2.19. The number of carboxylic acid groups (broad SMARTS) is 1. The van der Waals surface area contributed by atoms with Crippen LogP contribution in [0, 0.1) is 0 Å². The van der Waals surface area contributed by atoms with Gasteiger partial charge < -0.3 is 14.6 Å². The molecule has 1 saturated heterocycles. The number of primary sulfonamides is 1. The molecule has 7 nitrogen and oxygen atoms in total. The second kappa shape index (κ2) is 6.42. The number of ether oxygens (including phenoxy) is 2. The molecule has 0 amide bonds. The van der Waals surface area contributed by atoms with Crippen LogP contribution in [-0.2, 0) is 14.8 Å². The van der Waals surface area contributed by atoms with Crippen molar-refractivity contribution in [3.63, 3.8) is 0 Å². The zero-order valence-corrected chi connectivity index (χ0v) is 12.1. The molecule has 0 saturated carbocycles. The van der Waals surface area contributed by atoms with Crippen molar-refractivity contribution in [2.45, 2.75) is 30.3 Å². The van der Waals surface area contributed by atoms with Crippen molar-refractivity contribution in [1.82, 2.24) is 0 Å². The summed E-state index contributed by atoms with van der Waals surface area (Å²) in [7, 11) is -3.95. The van der Waals surface area contributed by atoms with E-state index in [1.807, 2.05) is 0 Å². The summed E-state index contributed by atoms with van der Waals surface area (Å²) in [6.45, 7) is 0.902. The molecule has 116 valence electrons. The Hall–Kier alpha value is -1.64. The molecule has 1 aromatic rings. The lowest BCUT2D eigenvalue weighted by Gasteiger charge is -2.23. The van der Waals surface area contributed by atoms with Gasteiger partial charge in [-0.25, -0.2) is 18.4 Å². The lowest BCUT2D eigenvalue weighted by atomic mass is 10.1. The van der Waals surface area contributed by atoms with Crippen LogP contribution in [0.15, 0.2) is 23.1 Å². The van der Waals surface area contributed by atoms with E-state index in [2.05, 4.69) is 0 Å². The standard InChI is InChI=1S/C13H17NO6S/c14-21(17,18)10-4-5-12(11(7-10)13(15)16)20-8-9-3-1-2-6-19-9/h4-5,7,9H,1-3,6,8H2,(H,15,16)(H2,14,17,18). The zero-order chi connectivity index (χ0) is 15.5. The molecule has 1 fully saturated rings. The average Bonchev–Trinajstić information content (AvgIpc) is 2.45. The molecular formula is C13H17NO6S.